The van der Waals surface area contributed by atoms with Crippen molar-refractivity contribution in [2.75, 3.05) is 0 Å². The van der Waals surface area contributed by atoms with Crippen molar-refractivity contribution in [2.45, 2.75) is 0 Å². The number of benzene rings is 3. The van der Waals surface area contributed by atoms with Crippen LogP contribution in [0.4, 0.5) is 0 Å². The van der Waals surface area contributed by atoms with Crippen LogP contribution in [0.15, 0.2) is 72.8 Å². The summed E-state index contributed by atoms with van der Waals surface area (Å²) in [5, 5.41) is 8.98. The first-order chi connectivity index (χ1) is 13.7. The minimum Gasteiger partial charge on any atom is -0.478 e. The van der Waals surface area contributed by atoms with Gasteiger partial charge in [0.25, 0.3) is 0 Å². The highest BCUT2D eigenvalue weighted by atomic mass is 16.5. The van der Waals surface area contributed by atoms with Gasteiger partial charge < -0.3 is 9.84 Å². The number of carboxylic acids is 1. The number of carbonyl (C=O) groups is 1. The molecular weight excluding hydrogens is 348 g/mol. The maximum absolute atomic E-state index is 10.9. The molecule has 3 rings (SSSR count). The topological polar surface area (TPSA) is 46.5 Å². The number of ether oxygens (including phenoxy) is 1. The van der Waals surface area contributed by atoms with Gasteiger partial charge in [-0.2, -0.15) is 0 Å². The van der Waals surface area contributed by atoms with Crippen molar-refractivity contribution in [3.63, 3.8) is 0 Å². The molecule has 0 aliphatic rings. The Balaban J connectivity index is 1.71. The van der Waals surface area contributed by atoms with Crippen LogP contribution in [0.5, 0.6) is 5.75 Å². The van der Waals surface area contributed by atoms with E-state index in [1.54, 1.807) is 24.3 Å². The highest BCUT2D eigenvalue weighted by Gasteiger charge is 2.04. The predicted molar refractivity (Wildman–Crippen MR) is 109 cm³/mol. The summed E-state index contributed by atoms with van der Waals surface area (Å²) in [7, 11) is 0. The zero-order valence-electron chi connectivity index (χ0n) is 14.8. The first-order valence-electron chi connectivity index (χ1n) is 8.34. The van der Waals surface area contributed by atoms with Crippen LogP contribution >= 0.6 is 0 Å². The predicted octanol–water partition coefficient (Wildman–Crippen LogP) is 4.70. The van der Waals surface area contributed by atoms with Crippen molar-refractivity contribution in [3.8, 4) is 64.2 Å². The maximum atomic E-state index is 10.9. The van der Waals surface area contributed by atoms with Gasteiger partial charge in [0.05, 0.1) is 5.56 Å². The number of aromatic carboxylic acids is 1. The van der Waals surface area contributed by atoms with Gasteiger partial charge in [-0.15, -0.1) is 6.42 Å². The summed E-state index contributed by atoms with van der Waals surface area (Å²) in [4.78, 5) is 10.9. The molecule has 0 amide bonds. The highest BCUT2D eigenvalue weighted by molar-refractivity contribution is 5.88. The SMILES string of the molecule is C#CC#CC#COc1ccc(-c2ccc(-c3ccc(C(=O)O)cc3)cc2)cc1. The van der Waals surface area contributed by atoms with Gasteiger partial charge in [0.1, 0.15) is 11.9 Å². The van der Waals surface area contributed by atoms with Crippen LogP contribution in [0.1, 0.15) is 10.4 Å². The molecule has 0 saturated carbocycles. The molecule has 3 heteroatoms. The summed E-state index contributed by atoms with van der Waals surface area (Å²) >= 11 is 0. The summed E-state index contributed by atoms with van der Waals surface area (Å²) in [6, 6.07) is 22.4. The lowest BCUT2D eigenvalue weighted by molar-refractivity contribution is 0.0697. The summed E-state index contributed by atoms with van der Waals surface area (Å²) < 4.78 is 5.27. The minimum atomic E-state index is -0.930. The van der Waals surface area contributed by atoms with Crippen LogP contribution in [0.25, 0.3) is 22.3 Å². The molecule has 0 bridgehead atoms. The molecule has 3 aromatic rings. The summed E-state index contributed by atoms with van der Waals surface area (Å²) in [6.07, 6.45) is 7.48. The second-order valence-electron chi connectivity index (χ2n) is 5.71. The van der Waals surface area contributed by atoms with E-state index in [-0.39, 0.29) is 5.56 Å². The molecule has 0 fully saturated rings. The van der Waals surface area contributed by atoms with Crippen molar-refractivity contribution >= 4 is 5.97 Å². The molecule has 0 unspecified atom stereocenters. The standard InChI is InChI=1S/C25H14O3/c1-2-3-4-5-18-28-24-16-14-22(15-17-24)20-8-6-19(7-9-20)21-10-12-23(13-11-21)25(26)27/h1,6-17H,(H,26,27). The fourth-order valence-electron chi connectivity index (χ4n) is 2.55. The lowest BCUT2D eigenvalue weighted by Crippen LogP contribution is -1.94. The van der Waals surface area contributed by atoms with Gasteiger partial charge in [-0.25, -0.2) is 4.79 Å². The largest absolute Gasteiger partial charge is 0.478 e. The summed E-state index contributed by atoms with van der Waals surface area (Å²) in [5.41, 5.74) is 4.36. The fraction of sp³-hybridized carbons (Fsp3) is 0. The van der Waals surface area contributed by atoms with Crippen LogP contribution in [-0.2, 0) is 0 Å². The van der Waals surface area contributed by atoms with E-state index >= 15 is 0 Å². The molecule has 0 heterocycles. The Hall–Kier alpha value is -4.39. The van der Waals surface area contributed by atoms with E-state index in [4.69, 9.17) is 16.3 Å². The van der Waals surface area contributed by atoms with Gasteiger partial charge in [-0.1, -0.05) is 48.5 Å². The van der Waals surface area contributed by atoms with E-state index in [0.29, 0.717) is 5.75 Å². The molecule has 3 nitrogen and oxygen atoms in total. The third-order valence-electron chi connectivity index (χ3n) is 3.95. The molecule has 0 aliphatic carbocycles. The quantitative estimate of drug-likeness (QED) is 0.685. The molecule has 132 valence electrons. The molecule has 0 spiro atoms. The van der Waals surface area contributed by atoms with E-state index in [9.17, 15) is 4.79 Å². The van der Waals surface area contributed by atoms with Crippen LogP contribution in [-0.4, -0.2) is 11.1 Å². The van der Waals surface area contributed by atoms with E-state index in [0.717, 1.165) is 22.3 Å². The number of carboxylic acid groups (broad SMARTS) is 1. The molecular formula is C25H14O3. The monoisotopic (exact) mass is 362 g/mol. The van der Waals surface area contributed by atoms with Crippen molar-refractivity contribution in [2.24, 2.45) is 0 Å². The number of hydrogen-bond acceptors (Lipinski definition) is 2. The van der Waals surface area contributed by atoms with Gasteiger partial charge >= 0.3 is 5.97 Å². The van der Waals surface area contributed by atoms with Gasteiger partial charge in [0.2, 0.25) is 0 Å². The van der Waals surface area contributed by atoms with Gasteiger partial charge in [-0.05, 0) is 58.4 Å². The Morgan fingerprint density at radius 1 is 0.714 bits per heavy atom. The van der Waals surface area contributed by atoms with Crippen LogP contribution in [0, 0.1) is 36.2 Å². The Labute approximate surface area is 163 Å². The molecule has 0 aliphatic heterocycles. The molecule has 0 radical (unpaired) electrons. The van der Waals surface area contributed by atoms with Gasteiger partial charge in [-0.3, -0.25) is 0 Å². The average Bonchev–Trinajstić information content (AvgIpc) is 2.74. The Kier molecular flexibility index (Phi) is 5.79. The molecule has 3 aromatic carbocycles. The zero-order valence-corrected chi connectivity index (χ0v) is 14.8. The molecule has 1 N–H and O–H groups in total. The normalized spacial score (nSPS) is 9.11. The van der Waals surface area contributed by atoms with Crippen molar-refractivity contribution in [1.29, 1.82) is 0 Å². The van der Waals surface area contributed by atoms with E-state index < -0.39 is 5.97 Å². The summed E-state index contributed by atoms with van der Waals surface area (Å²) in [6.45, 7) is 0. The fourth-order valence-corrected chi connectivity index (χ4v) is 2.55. The van der Waals surface area contributed by atoms with Crippen molar-refractivity contribution < 1.29 is 14.6 Å². The lowest BCUT2D eigenvalue weighted by Gasteiger charge is -2.06. The third-order valence-corrected chi connectivity index (χ3v) is 3.95. The van der Waals surface area contributed by atoms with E-state index in [1.165, 1.54) is 0 Å². The molecule has 0 atom stereocenters. The molecule has 28 heavy (non-hydrogen) atoms. The van der Waals surface area contributed by atoms with Gasteiger partial charge in [0.15, 0.2) is 0 Å². The average molecular weight is 362 g/mol. The number of hydrogen-bond donors (Lipinski definition) is 1. The Bertz CT molecular complexity index is 1140. The second-order valence-corrected chi connectivity index (χ2v) is 5.71. The first-order valence-corrected chi connectivity index (χ1v) is 8.34. The van der Waals surface area contributed by atoms with Gasteiger partial charge in [0, 0.05) is 11.8 Å². The molecule has 0 saturated heterocycles. The third kappa shape index (κ3) is 4.61. The maximum Gasteiger partial charge on any atom is 0.335 e. The van der Waals surface area contributed by atoms with Crippen LogP contribution in [0.3, 0.4) is 0 Å². The van der Waals surface area contributed by atoms with E-state index in [1.807, 2.05) is 48.5 Å². The zero-order chi connectivity index (χ0) is 19.8. The minimum absolute atomic E-state index is 0.274. The number of terminal acetylenes is 1. The second kappa shape index (κ2) is 8.81. The Morgan fingerprint density at radius 3 is 1.64 bits per heavy atom. The van der Waals surface area contributed by atoms with Crippen molar-refractivity contribution in [3.05, 3.63) is 78.4 Å². The number of rotatable bonds is 4. The van der Waals surface area contributed by atoms with Crippen molar-refractivity contribution in [1.82, 2.24) is 0 Å². The smallest absolute Gasteiger partial charge is 0.335 e. The Morgan fingerprint density at radius 2 is 1.18 bits per heavy atom. The van der Waals surface area contributed by atoms with Crippen LogP contribution < -0.4 is 4.74 Å². The lowest BCUT2D eigenvalue weighted by atomic mass is 9.99. The molecule has 0 aromatic heterocycles. The summed E-state index contributed by atoms with van der Waals surface area (Å²) in [5.74, 6) is 9.22. The first kappa shape index (κ1) is 18.4. The highest BCUT2D eigenvalue weighted by Crippen LogP contribution is 2.26. The van der Waals surface area contributed by atoms with Crippen LogP contribution in [0.2, 0.25) is 0 Å². The van der Waals surface area contributed by atoms with E-state index in [2.05, 4.69) is 29.8 Å².